The number of hydrogen-bond donors (Lipinski definition) is 1. The van der Waals surface area contributed by atoms with Gasteiger partial charge in [-0.25, -0.2) is 4.98 Å². The summed E-state index contributed by atoms with van der Waals surface area (Å²) in [5.74, 6) is 0.684. The molecule has 0 radical (unpaired) electrons. The molecule has 27 heavy (non-hydrogen) atoms. The SMILES string of the molecule is O=C(NCC1(CN2CCOCC2)CCCCC1)c1ncoc1-c1ccco1. The van der Waals surface area contributed by atoms with Gasteiger partial charge in [0.25, 0.3) is 5.91 Å². The van der Waals surface area contributed by atoms with Crippen molar-refractivity contribution in [3.05, 3.63) is 30.5 Å². The number of rotatable bonds is 6. The highest BCUT2D eigenvalue weighted by Crippen LogP contribution is 2.37. The minimum atomic E-state index is -0.206. The lowest BCUT2D eigenvalue weighted by atomic mass is 9.73. The van der Waals surface area contributed by atoms with E-state index >= 15 is 0 Å². The lowest BCUT2D eigenvalue weighted by Crippen LogP contribution is -2.49. The van der Waals surface area contributed by atoms with Gasteiger partial charge in [-0.2, -0.15) is 0 Å². The first kappa shape index (κ1) is 18.3. The van der Waals surface area contributed by atoms with Crippen LogP contribution in [0.2, 0.25) is 0 Å². The van der Waals surface area contributed by atoms with Crippen LogP contribution < -0.4 is 5.32 Å². The van der Waals surface area contributed by atoms with E-state index in [1.54, 1.807) is 18.4 Å². The Morgan fingerprint density at radius 1 is 1.19 bits per heavy atom. The van der Waals surface area contributed by atoms with Crippen LogP contribution in [0.4, 0.5) is 0 Å². The van der Waals surface area contributed by atoms with Crippen LogP contribution >= 0.6 is 0 Å². The van der Waals surface area contributed by atoms with Crippen LogP contribution in [0.5, 0.6) is 0 Å². The van der Waals surface area contributed by atoms with Crippen LogP contribution in [0.15, 0.2) is 33.6 Å². The van der Waals surface area contributed by atoms with Crippen molar-refractivity contribution in [3.63, 3.8) is 0 Å². The predicted octanol–water partition coefficient (Wildman–Crippen LogP) is 2.95. The van der Waals surface area contributed by atoms with Gasteiger partial charge in [0.15, 0.2) is 17.8 Å². The summed E-state index contributed by atoms with van der Waals surface area (Å²) in [5, 5.41) is 3.13. The van der Waals surface area contributed by atoms with Gasteiger partial charge in [0, 0.05) is 31.6 Å². The number of carbonyl (C=O) groups is 1. The van der Waals surface area contributed by atoms with Crippen molar-refractivity contribution >= 4 is 5.91 Å². The van der Waals surface area contributed by atoms with E-state index in [0.717, 1.165) is 45.7 Å². The molecule has 4 rings (SSSR count). The Balaban J connectivity index is 1.43. The summed E-state index contributed by atoms with van der Waals surface area (Å²) in [6.07, 6.45) is 8.87. The van der Waals surface area contributed by atoms with Crippen molar-refractivity contribution in [3.8, 4) is 11.5 Å². The van der Waals surface area contributed by atoms with Gasteiger partial charge in [-0.05, 0) is 25.0 Å². The first-order valence-corrected chi connectivity index (χ1v) is 9.81. The number of nitrogens with one attached hydrogen (secondary N) is 1. The lowest BCUT2D eigenvalue weighted by Gasteiger charge is -2.42. The van der Waals surface area contributed by atoms with E-state index in [1.807, 2.05) is 0 Å². The molecule has 1 saturated heterocycles. The summed E-state index contributed by atoms with van der Waals surface area (Å²) in [6.45, 7) is 5.22. The smallest absolute Gasteiger partial charge is 0.274 e. The average Bonchev–Trinajstić information content (AvgIpc) is 3.39. The maximum absolute atomic E-state index is 12.8. The van der Waals surface area contributed by atoms with E-state index in [4.69, 9.17) is 13.6 Å². The Hall–Kier alpha value is -2.12. The van der Waals surface area contributed by atoms with Gasteiger partial charge in [-0.15, -0.1) is 0 Å². The molecule has 2 aliphatic rings. The predicted molar refractivity (Wildman–Crippen MR) is 99.3 cm³/mol. The Kier molecular flexibility index (Phi) is 5.59. The number of amides is 1. The molecule has 0 bridgehead atoms. The molecule has 1 aliphatic carbocycles. The molecular formula is C20H27N3O4. The minimum Gasteiger partial charge on any atom is -0.461 e. The summed E-state index contributed by atoms with van der Waals surface area (Å²) in [7, 11) is 0. The van der Waals surface area contributed by atoms with Gasteiger partial charge < -0.3 is 18.9 Å². The molecule has 3 heterocycles. The van der Waals surface area contributed by atoms with Gasteiger partial charge >= 0.3 is 0 Å². The molecule has 0 atom stereocenters. The van der Waals surface area contributed by atoms with Crippen LogP contribution in [0, 0.1) is 5.41 Å². The average molecular weight is 373 g/mol. The Labute approximate surface area is 159 Å². The molecule has 0 aromatic carbocycles. The fourth-order valence-electron chi connectivity index (χ4n) is 4.27. The van der Waals surface area contributed by atoms with E-state index in [1.165, 1.54) is 25.7 Å². The zero-order valence-corrected chi connectivity index (χ0v) is 15.6. The van der Waals surface area contributed by atoms with Crippen LogP contribution in [0.25, 0.3) is 11.5 Å². The molecule has 1 N–H and O–H groups in total. The van der Waals surface area contributed by atoms with Crippen molar-refractivity contribution in [1.29, 1.82) is 0 Å². The van der Waals surface area contributed by atoms with Gasteiger partial charge in [-0.3, -0.25) is 9.69 Å². The number of aromatic nitrogens is 1. The Morgan fingerprint density at radius 2 is 2.00 bits per heavy atom. The van der Waals surface area contributed by atoms with Crippen molar-refractivity contribution in [2.75, 3.05) is 39.4 Å². The van der Waals surface area contributed by atoms with E-state index in [-0.39, 0.29) is 17.0 Å². The van der Waals surface area contributed by atoms with Crippen LogP contribution in [-0.2, 0) is 4.74 Å². The lowest BCUT2D eigenvalue weighted by molar-refractivity contribution is 0.00727. The third-order valence-corrected chi connectivity index (χ3v) is 5.73. The highest BCUT2D eigenvalue weighted by Gasteiger charge is 2.35. The highest BCUT2D eigenvalue weighted by atomic mass is 16.5. The number of morpholine rings is 1. The van der Waals surface area contributed by atoms with E-state index in [2.05, 4.69) is 15.2 Å². The normalized spacial score (nSPS) is 20.4. The number of carbonyl (C=O) groups excluding carboxylic acids is 1. The molecule has 2 aromatic heterocycles. The van der Waals surface area contributed by atoms with Gasteiger partial charge in [0.1, 0.15) is 0 Å². The largest absolute Gasteiger partial charge is 0.461 e. The van der Waals surface area contributed by atoms with Crippen LogP contribution in [0.1, 0.15) is 42.6 Å². The van der Waals surface area contributed by atoms with Crippen molar-refractivity contribution in [1.82, 2.24) is 15.2 Å². The summed E-state index contributed by atoms with van der Waals surface area (Å²) in [5.41, 5.74) is 0.405. The maximum Gasteiger partial charge on any atom is 0.274 e. The summed E-state index contributed by atoms with van der Waals surface area (Å²) < 4.78 is 16.2. The van der Waals surface area contributed by atoms with Crippen LogP contribution in [-0.4, -0.2) is 55.2 Å². The molecule has 0 unspecified atom stereocenters. The molecule has 7 nitrogen and oxygen atoms in total. The second kappa shape index (κ2) is 8.27. The fraction of sp³-hybridized carbons (Fsp3) is 0.600. The summed E-state index contributed by atoms with van der Waals surface area (Å²) >= 11 is 0. The number of hydrogen-bond acceptors (Lipinski definition) is 6. The molecule has 1 saturated carbocycles. The first-order valence-electron chi connectivity index (χ1n) is 9.81. The van der Waals surface area contributed by atoms with Crippen molar-refractivity contribution < 1.29 is 18.4 Å². The second-order valence-corrected chi connectivity index (χ2v) is 7.64. The molecule has 1 amide bonds. The zero-order chi connectivity index (χ0) is 18.5. The molecule has 0 spiro atoms. The minimum absolute atomic E-state index is 0.125. The second-order valence-electron chi connectivity index (χ2n) is 7.64. The fourth-order valence-corrected chi connectivity index (χ4v) is 4.27. The molecular weight excluding hydrogens is 346 g/mol. The van der Waals surface area contributed by atoms with E-state index < -0.39 is 0 Å². The molecule has 146 valence electrons. The quantitative estimate of drug-likeness (QED) is 0.838. The molecule has 1 aliphatic heterocycles. The summed E-state index contributed by atoms with van der Waals surface area (Å²) in [6, 6.07) is 3.53. The summed E-state index contributed by atoms with van der Waals surface area (Å²) in [4.78, 5) is 19.4. The topological polar surface area (TPSA) is 80.7 Å². The monoisotopic (exact) mass is 373 g/mol. The van der Waals surface area contributed by atoms with E-state index in [0.29, 0.717) is 18.1 Å². The van der Waals surface area contributed by atoms with Gasteiger partial charge in [0.05, 0.1) is 19.5 Å². The van der Waals surface area contributed by atoms with Gasteiger partial charge in [0.2, 0.25) is 5.76 Å². The van der Waals surface area contributed by atoms with Crippen LogP contribution in [0.3, 0.4) is 0 Å². The Bertz CT molecular complexity index is 728. The molecule has 7 heteroatoms. The van der Waals surface area contributed by atoms with Crippen molar-refractivity contribution in [2.45, 2.75) is 32.1 Å². The number of nitrogens with zero attached hydrogens (tertiary/aromatic N) is 2. The number of oxazole rings is 1. The van der Waals surface area contributed by atoms with Gasteiger partial charge in [-0.1, -0.05) is 19.3 Å². The highest BCUT2D eigenvalue weighted by molar-refractivity contribution is 5.97. The Morgan fingerprint density at radius 3 is 2.74 bits per heavy atom. The number of ether oxygens (including phenoxy) is 1. The standard InChI is InChI=1S/C20H27N3O4/c24-19(17-18(27-15-22-17)16-5-4-10-26-16)21-13-20(6-2-1-3-7-20)14-23-8-11-25-12-9-23/h4-5,10,15H,1-3,6-9,11-14H2,(H,21,24). The van der Waals surface area contributed by atoms with E-state index in [9.17, 15) is 4.79 Å². The molecule has 2 fully saturated rings. The van der Waals surface area contributed by atoms with Crippen molar-refractivity contribution in [2.24, 2.45) is 5.41 Å². The molecule has 2 aromatic rings. The third kappa shape index (κ3) is 4.25. The first-order chi connectivity index (χ1) is 13.3. The number of furan rings is 1. The zero-order valence-electron chi connectivity index (χ0n) is 15.6. The third-order valence-electron chi connectivity index (χ3n) is 5.73. The maximum atomic E-state index is 12.8.